The van der Waals surface area contributed by atoms with Gasteiger partial charge in [0.2, 0.25) is 5.95 Å². The maximum atomic E-state index is 14.2. The van der Waals surface area contributed by atoms with Gasteiger partial charge in [0.05, 0.1) is 29.2 Å². The number of benzene rings is 1. The van der Waals surface area contributed by atoms with Crippen molar-refractivity contribution >= 4 is 33.8 Å². The fraction of sp³-hybridized carbons (Fsp3) is 0.292. The standard InChI is InChI=1S/C15H16FN5O8P2.C9H7F3N2/c16-12-4-17-13-9(8-1-2-8)3-11(18-21(12)13)10-5-19(6-28-30(24)25)15(23)20(14(10)22)7-29-31(26)27;10-9(11,12)6-14-8-4-2-1-3-7(8)5-13-14/h3-5,8,24-27H,1-2,6-7H2;1-5H,6H2. The number of para-hydroxylation sites is 1. The van der Waals surface area contributed by atoms with Gasteiger partial charge in [-0.25, -0.2) is 14.3 Å². The van der Waals surface area contributed by atoms with E-state index in [1.54, 1.807) is 30.3 Å². The second-order valence-corrected chi connectivity index (χ2v) is 11.1. The number of hydrogen-bond donors (Lipinski definition) is 4. The topological polar surface area (TPSA) is 191 Å². The molecule has 1 aliphatic rings. The second-order valence-electron chi connectivity index (χ2n) is 9.60. The van der Waals surface area contributed by atoms with Crippen molar-refractivity contribution in [1.29, 1.82) is 0 Å². The minimum absolute atomic E-state index is 0.0318. The quantitative estimate of drug-likeness (QED) is 0.133. The molecule has 21 heteroatoms. The van der Waals surface area contributed by atoms with Crippen LogP contribution in [0.4, 0.5) is 17.6 Å². The highest BCUT2D eigenvalue weighted by Gasteiger charge is 2.30. The lowest BCUT2D eigenvalue weighted by Crippen LogP contribution is -2.41. The van der Waals surface area contributed by atoms with Crippen LogP contribution in [0, 0.1) is 5.95 Å². The van der Waals surface area contributed by atoms with E-state index < -0.39 is 60.6 Å². The van der Waals surface area contributed by atoms with Crippen LogP contribution in [-0.2, 0) is 29.1 Å². The molecular formula is C24H23F4N7O8P2. The number of aromatic nitrogens is 7. The van der Waals surface area contributed by atoms with Crippen molar-refractivity contribution in [3.63, 3.8) is 0 Å². The van der Waals surface area contributed by atoms with Crippen molar-refractivity contribution in [2.75, 3.05) is 0 Å². The van der Waals surface area contributed by atoms with Gasteiger partial charge in [0.25, 0.3) is 5.56 Å². The fourth-order valence-corrected chi connectivity index (χ4v) is 4.82. The first-order valence-corrected chi connectivity index (χ1v) is 15.1. The highest BCUT2D eigenvalue weighted by molar-refractivity contribution is 7.39. The Hall–Kier alpha value is -3.67. The molecule has 0 atom stereocenters. The largest absolute Gasteiger partial charge is 0.408 e. The molecule has 4 aromatic heterocycles. The SMILES string of the molecule is FC(F)(F)Cn1ncc2ccccc21.O=c1c(-c2cc(C3CC3)c3ncc(F)n3n2)cn(COP(O)O)c(=O)n1COP(O)O. The zero-order valence-corrected chi connectivity index (χ0v) is 24.5. The summed E-state index contributed by atoms with van der Waals surface area (Å²) in [5, 5.41) is 8.51. The molecule has 4 heterocycles. The Morgan fingerprint density at radius 1 is 1.00 bits per heavy atom. The molecule has 0 saturated heterocycles. The Bertz CT molecular complexity index is 1940. The fourth-order valence-electron chi connectivity index (χ4n) is 4.37. The molecule has 15 nitrogen and oxygen atoms in total. The minimum Gasteiger partial charge on any atom is -0.328 e. The Morgan fingerprint density at radius 2 is 1.69 bits per heavy atom. The zero-order valence-electron chi connectivity index (χ0n) is 22.7. The van der Waals surface area contributed by atoms with Gasteiger partial charge >= 0.3 is 29.1 Å². The van der Waals surface area contributed by atoms with Crippen molar-refractivity contribution < 1.29 is 46.2 Å². The lowest BCUT2D eigenvalue weighted by Gasteiger charge is -2.14. The Morgan fingerprint density at radius 3 is 2.36 bits per heavy atom. The van der Waals surface area contributed by atoms with Gasteiger partial charge < -0.3 is 19.6 Å². The maximum absolute atomic E-state index is 14.2. The molecule has 1 aliphatic carbocycles. The zero-order chi connectivity index (χ0) is 32.5. The van der Waals surface area contributed by atoms with Crippen molar-refractivity contribution in [2.24, 2.45) is 0 Å². The predicted octanol–water partition coefficient (Wildman–Crippen LogP) is 2.71. The van der Waals surface area contributed by atoms with E-state index in [2.05, 4.69) is 24.2 Å². The number of hydrogen-bond acceptors (Lipinski definition) is 11. The van der Waals surface area contributed by atoms with E-state index in [1.165, 1.54) is 6.20 Å². The van der Waals surface area contributed by atoms with Crippen LogP contribution >= 0.6 is 17.2 Å². The van der Waals surface area contributed by atoms with E-state index in [1.807, 2.05) is 0 Å². The lowest BCUT2D eigenvalue weighted by atomic mass is 10.1. The van der Waals surface area contributed by atoms with Gasteiger partial charge in [0.1, 0.15) is 20.0 Å². The third-order valence-corrected chi connectivity index (χ3v) is 7.17. The van der Waals surface area contributed by atoms with Crippen LogP contribution < -0.4 is 11.2 Å². The number of nitrogens with zero attached hydrogens (tertiary/aromatic N) is 7. The molecule has 6 rings (SSSR count). The molecule has 5 aromatic rings. The van der Waals surface area contributed by atoms with Gasteiger partial charge in [-0.2, -0.15) is 32.3 Å². The van der Waals surface area contributed by atoms with Crippen molar-refractivity contribution in [1.82, 2.24) is 33.5 Å². The van der Waals surface area contributed by atoms with Crippen LogP contribution in [0.5, 0.6) is 0 Å². The summed E-state index contributed by atoms with van der Waals surface area (Å²) in [7, 11) is -5.66. The number of rotatable bonds is 9. The summed E-state index contributed by atoms with van der Waals surface area (Å²) in [6.45, 7) is -2.47. The van der Waals surface area contributed by atoms with Gasteiger partial charge in [-0.3, -0.25) is 23.1 Å². The molecular weight excluding hydrogens is 652 g/mol. The monoisotopic (exact) mass is 675 g/mol. The first-order valence-electron chi connectivity index (χ1n) is 12.8. The van der Waals surface area contributed by atoms with Crippen LogP contribution in [0.3, 0.4) is 0 Å². The van der Waals surface area contributed by atoms with E-state index in [0.29, 0.717) is 21.3 Å². The molecule has 0 unspecified atom stereocenters. The molecule has 1 aromatic carbocycles. The average Bonchev–Trinajstić information content (AvgIpc) is 3.66. The Labute approximate surface area is 251 Å². The van der Waals surface area contributed by atoms with E-state index in [-0.39, 0.29) is 17.2 Å². The molecule has 45 heavy (non-hydrogen) atoms. The smallest absolute Gasteiger partial charge is 0.328 e. The minimum atomic E-state index is -4.23. The summed E-state index contributed by atoms with van der Waals surface area (Å²) in [4.78, 5) is 65.5. The van der Waals surface area contributed by atoms with Crippen molar-refractivity contribution in [3.05, 3.63) is 81.3 Å². The molecule has 1 saturated carbocycles. The molecule has 4 N–H and O–H groups in total. The summed E-state index contributed by atoms with van der Waals surface area (Å²) in [5.41, 5.74) is -0.462. The third-order valence-electron chi connectivity index (χ3n) is 6.48. The number of alkyl halides is 3. The van der Waals surface area contributed by atoms with E-state index in [4.69, 9.17) is 19.6 Å². The molecule has 0 aliphatic heterocycles. The first-order chi connectivity index (χ1) is 21.3. The summed E-state index contributed by atoms with van der Waals surface area (Å²) in [5.74, 6) is -0.609. The van der Waals surface area contributed by atoms with E-state index in [9.17, 15) is 27.2 Å². The van der Waals surface area contributed by atoms with E-state index >= 15 is 0 Å². The van der Waals surface area contributed by atoms with Gasteiger partial charge in [0, 0.05) is 17.1 Å². The number of imidazole rings is 1. The van der Waals surface area contributed by atoms with Crippen LogP contribution in [-0.4, -0.2) is 59.3 Å². The summed E-state index contributed by atoms with van der Waals surface area (Å²) in [6, 6.07) is 8.38. The Kier molecular flexibility index (Phi) is 9.71. The van der Waals surface area contributed by atoms with Crippen LogP contribution in [0.15, 0.2) is 58.5 Å². The molecule has 1 fully saturated rings. The van der Waals surface area contributed by atoms with E-state index in [0.717, 1.165) is 44.4 Å². The highest BCUT2D eigenvalue weighted by Crippen LogP contribution is 2.42. The third kappa shape index (κ3) is 7.77. The predicted molar refractivity (Wildman–Crippen MR) is 150 cm³/mol. The molecule has 0 spiro atoms. The summed E-state index contributed by atoms with van der Waals surface area (Å²) < 4.78 is 63.0. The normalized spacial score (nSPS) is 13.6. The molecule has 0 radical (unpaired) electrons. The second kappa shape index (κ2) is 13.4. The molecule has 240 valence electrons. The van der Waals surface area contributed by atoms with Gasteiger partial charge in [-0.1, -0.05) is 18.2 Å². The highest BCUT2D eigenvalue weighted by atomic mass is 31.2. The molecule has 0 amide bonds. The van der Waals surface area contributed by atoms with Crippen molar-refractivity contribution in [3.8, 4) is 11.3 Å². The maximum Gasteiger partial charge on any atom is 0.408 e. The first kappa shape index (κ1) is 32.7. The van der Waals surface area contributed by atoms with Crippen molar-refractivity contribution in [2.45, 2.75) is 44.9 Å². The molecule has 0 bridgehead atoms. The summed E-state index contributed by atoms with van der Waals surface area (Å²) in [6.07, 6.45) is 1.03. The van der Waals surface area contributed by atoms with Gasteiger partial charge in [-0.15, -0.1) is 0 Å². The lowest BCUT2D eigenvalue weighted by molar-refractivity contribution is -0.141. The Balaban J connectivity index is 0.000000238. The van der Waals surface area contributed by atoms with Gasteiger partial charge in [0.15, 0.2) is 5.65 Å². The summed E-state index contributed by atoms with van der Waals surface area (Å²) >= 11 is 0. The van der Waals surface area contributed by atoms with Gasteiger partial charge in [-0.05, 0) is 30.9 Å². The van der Waals surface area contributed by atoms with Crippen LogP contribution in [0.2, 0.25) is 0 Å². The number of halogens is 4. The van der Waals surface area contributed by atoms with Crippen LogP contribution in [0.25, 0.3) is 27.8 Å². The average molecular weight is 675 g/mol. The van der Waals surface area contributed by atoms with Crippen LogP contribution in [0.1, 0.15) is 24.3 Å². The number of fused-ring (bicyclic) bond motifs is 2.